The van der Waals surface area contributed by atoms with Gasteiger partial charge in [0.15, 0.2) is 0 Å². The summed E-state index contributed by atoms with van der Waals surface area (Å²) in [5.74, 6) is 2.02. The van der Waals surface area contributed by atoms with Gasteiger partial charge in [-0.25, -0.2) is 0 Å². The Morgan fingerprint density at radius 2 is 2.04 bits per heavy atom. The van der Waals surface area contributed by atoms with Gasteiger partial charge in [-0.3, -0.25) is 9.69 Å². The Kier molecular flexibility index (Phi) is 5.10. The Bertz CT molecular complexity index is 693. The molecule has 24 heavy (non-hydrogen) atoms. The van der Waals surface area contributed by atoms with Crippen LogP contribution in [0.1, 0.15) is 22.1 Å². The van der Waals surface area contributed by atoms with Gasteiger partial charge in [0, 0.05) is 51.6 Å². The first-order valence-electron chi connectivity index (χ1n) is 8.10. The lowest BCUT2D eigenvalue weighted by molar-refractivity contribution is 0.0636. The van der Waals surface area contributed by atoms with Gasteiger partial charge < -0.3 is 14.1 Å². The van der Waals surface area contributed by atoms with Gasteiger partial charge >= 0.3 is 0 Å². The Labute approximate surface area is 141 Å². The fraction of sp³-hybridized carbons (Fsp3) is 0.471. The number of aryl methyl sites for hydroxylation is 1. The molecule has 2 aromatic rings. The van der Waals surface area contributed by atoms with Crippen LogP contribution < -0.4 is 4.74 Å². The number of aromatic nitrogens is 2. The fourth-order valence-electron chi connectivity index (χ4n) is 2.81. The lowest BCUT2D eigenvalue weighted by Gasteiger charge is -2.34. The van der Waals surface area contributed by atoms with E-state index in [4.69, 9.17) is 9.15 Å². The summed E-state index contributed by atoms with van der Waals surface area (Å²) in [4.78, 5) is 16.8. The van der Waals surface area contributed by atoms with Crippen molar-refractivity contribution in [2.24, 2.45) is 0 Å². The summed E-state index contributed by atoms with van der Waals surface area (Å²) < 4.78 is 10.6. The highest BCUT2D eigenvalue weighted by atomic mass is 16.5. The first kappa shape index (κ1) is 16.4. The maximum absolute atomic E-state index is 12.6. The van der Waals surface area contributed by atoms with Crippen molar-refractivity contribution in [2.75, 3.05) is 39.8 Å². The summed E-state index contributed by atoms with van der Waals surface area (Å²) in [6.45, 7) is 5.80. The number of amides is 1. The Hall–Kier alpha value is -2.41. The number of carbonyl (C=O) groups is 1. The molecule has 0 bridgehead atoms. The van der Waals surface area contributed by atoms with E-state index in [0.717, 1.165) is 39.1 Å². The lowest BCUT2D eigenvalue weighted by atomic mass is 10.1. The van der Waals surface area contributed by atoms with Crippen molar-refractivity contribution in [1.82, 2.24) is 20.0 Å². The zero-order chi connectivity index (χ0) is 16.9. The van der Waals surface area contributed by atoms with Crippen LogP contribution in [0.5, 0.6) is 5.75 Å². The molecule has 7 heteroatoms. The second-order valence-electron chi connectivity index (χ2n) is 5.83. The third-order valence-electron chi connectivity index (χ3n) is 4.19. The first-order chi connectivity index (χ1) is 11.7. The Morgan fingerprint density at radius 3 is 2.71 bits per heavy atom. The normalized spacial score (nSPS) is 15.5. The van der Waals surface area contributed by atoms with Gasteiger partial charge in [-0.15, -0.1) is 10.2 Å². The highest BCUT2D eigenvalue weighted by Gasteiger charge is 2.22. The molecular weight excluding hydrogens is 308 g/mol. The van der Waals surface area contributed by atoms with E-state index in [-0.39, 0.29) is 5.91 Å². The summed E-state index contributed by atoms with van der Waals surface area (Å²) in [5, 5.41) is 7.84. The molecule has 0 spiro atoms. The number of piperazine rings is 1. The second-order valence-corrected chi connectivity index (χ2v) is 5.83. The molecule has 0 radical (unpaired) electrons. The predicted molar refractivity (Wildman–Crippen MR) is 88.1 cm³/mol. The maximum Gasteiger partial charge on any atom is 0.254 e. The van der Waals surface area contributed by atoms with E-state index in [9.17, 15) is 4.79 Å². The molecule has 0 atom stereocenters. The van der Waals surface area contributed by atoms with Crippen LogP contribution in [-0.2, 0) is 6.42 Å². The van der Waals surface area contributed by atoms with Gasteiger partial charge in [0.05, 0.1) is 7.11 Å². The number of ether oxygens (including phenoxy) is 1. The predicted octanol–water partition coefficient (Wildman–Crippen LogP) is 1.39. The van der Waals surface area contributed by atoms with Gasteiger partial charge in [-0.2, -0.15) is 0 Å². The van der Waals surface area contributed by atoms with E-state index >= 15 is 0 Å². The Balaban J connectivity index is 1.50. The first-order valence-corrected chi connectivity index (χ1v) is 8.10. The number of methoxy groups -OCH3 is 1. The average molecular weight is 330 g/mol. The van der Waals surface area contributed by atoms with E-state index in [1.807, 2.05) is 23.1 Å². The number of nitrogens with zero attached hydrogens (tertiary/aromatic N) is 4. The largest absolute Gasteiger partial charge is 0.497 e. The van der Waals surface area contributed by atoms with Crippen LogP contribution in [0.25, 0.3) is 0 Å². The lowest BCUT2D eigenvalue weighted by Crippen LogP contribution is -2.49. The molecule has 1 aromatic carbocycles. The van der Waals surface area contributed by atoms with Crippen molar-refractivity contribution >= 4 is 5.91 Å². The SMILES string of the molecule is COc1cccc(C(=O)N2CCN(CCc3nnc(C)o3)CC2)c1. The van der Waals surface area contributed by atoms with Gasteiger partial charge in [0.2, 0.25) is 11.8 Å². The molecule has 0 saturated carbocycles. The molecule has 1 fully saturated rings. The van der Waals surface area contributed by atoms with Crippen LogP contribution in [0.2, 0.25) is 0 Å². The topological polar surface area (TPSA) is 71.7 Å². The maximum atomic E-state index is 12.6. The molecular formula is C17H22N4O3. The summed E-state index contributed by atoms with van der Waals surface area (Å²) in [6.07, 6.45) is 0.741. The molecule has 0 N–H and O–H groups in total. The van der Waals surface area contributed by atoms with Gasteiger partial charge in [0.1, 0.15) is 5.75 Å². The fourth-order valence-corrected chi connectivity index (χ4v) is 2.81. The van der Waals surface area contributed by atoms with E-state index in [0.29, 0.717) is 23.1 Å². The number of hydrogen-bond acceptors (Lipinski definition) is 6. The third-order valence-corrected chi connectivity index (χ3v) is 4.19. The van der Waals surface area contributed by atoms with Crippen LogP contribution >= 0.6 is 0 Å². The molecule has 1 saturated heterocycles. The quantitative estimate of drug-likeness (QED) is 0.825. The van der Waals surface area contributed by atoms with Crippen LogP contribution in [0.15, 0.2) is 28.7 Å². The number of hydrogen-bond donors (Lipinski definition) is 0. The van der Waals surface area contributed by atoms with Crippen molar-refractivity contribution in [3.63, 3.8) is 0 Å². The van der Waals surface area contributed by atoms with Crippen LogP contribution in [0.4, 0.5) is 0 Å². The second kappa shape index (κ2) is 7.44. The van der Waals surface area contributed by atoms with Crippen LogP contribution in [0.3, 0.4) is 0 Å². The minimum atomic E-state index is 0.0566. The molecule has 1 aliphatic heterocycles. The van der Waals surface area contributed by atoms with Gasteiger partial charge in [-0.1, -0.05) is 6.07 Å². The van der Waals surface area contributed by atoms with Gasteiger partial charge in [0.25, 0.3) is 5.91 Å². The molecule has 0 unspecified atom stereocenters. The standard InChI is InChI=1S/C17H22N4O3/c1-13-18-19-16(24-13)6-7-20-8-10-21(11-9-20)17(22)14-4-3-5-15(12-14)23-2/h3-5,12H,6-11H2,1-2H3. The molecule has 0 aliphatic carbocycles. The number of carbonyl (C=O) groups excluding carboxylic acids is 1. The minimum absolute atomic E-state index is 0.0566. The monoisotopic (exact) mass is 330 g/mol. The average Bonchev–Trinajstić information content (AvgIpc) is 3.05. The van der Waals surface area contributed by atoms with Crippen molar-refractivity contribution in [2.45, 2.75) is 13.3 Å². The minimum Gasteiger partial charge on any atom is -0.497 e. The number of benzene rings is 1. The molecule has 1 aliphatic rings. The van der Waals surface area contributed by atoms with E-state index in [2.05, 4.69) is 15.1 Å². The van der Waals surface area contributed by atoms with Crippen LogP contribution in [-0.4, -0.2) is 65.7 Å². The van der Waals surface area contributed by atoms with E-state index < -0.39 is 0 Å². The molecule has 1 aromatic heterocycles. The van der Waals surface area contributed by atoms with Crippen molar-refractivity contribution in [3.8, 4) is 5.75 Å². The summed E-state index contributed by atoms with van der Waals surface area (Å²) >= 11 is 0. The number of rotatable bonds is 5. The van der Waals surface area contributed by atoms with E-state index in [1.54, 1.807) is 20.1 Å². The van der Waals surface area contributed by atoms with Crippen LogP contribution in [0, 0.1) is 6.92 Å². The summed E-state index contributed by atoms with van der Waals surface area (Å²) in [7, 11) is 1.60. The molecule has 2 heterocycles. The highest BCUT2D eigenvalue weighted by Crippen LogP contribution is 2.15. The highest BCUT2D eigenvalue weighted by molar-refractivity contribution is 5.94. The smallest absolute Gasteiger partial charge is 0.254 e. The van der Waals surface area contributed by atoms with E-state index in [1.165, 1.54) is 0 Å². The molecule has 7 nitrogen and oxygen atoms in total. The van der Waals surface area contributed by atoms with Crippen molar-refractivity contribution < 1.29 is 13.9 Å². The molecule has 1 amide bonds. The summed E-state index contributed by atoms with van der Waals surface area (Å²) in [6, 6.07) is 7.30. The zero-order valence-electron chi connectivity index (χ0n) is 14.1. The Morgan fingerprint density at radius 1 is 1.25 bits per heavy atom. The zero-order valence-corrected chi connectivity index (χ0v) is 14.1. The summed E-state index contributed by atoms with van der Waals surface area (Å²) in [5.41, 5.74) is 0.670. The molecule has 3 rings (SSSR count). The van der Waals surface area contributed by atoms with Crippen molar-refractivity contribution in [1.29, 1.82) is 0 Å². The van der Waals surface area contributed by atoms with Crippen molar-refractivity contribution in [3.05, 3.63) is 41.6 Å². The third kappa shape index (κ3) is 3.91. The molecule has 128 valence electrons. The van der Waals surface area contributed by atoms with Gasteiger partial charge in [-0.05, 0) is 18.2 Å².